The van der Waals surface area contributed by atoms with Crippen molar-refractivity contribution in [1.82, 2.24) is 10.3 Å². The number of rotatable bonds is 4. The summed E-state index contributed by atoms with van der Waals surface area (Å²) < 4.78 is 1.18. The van der Waals surface area contributed by atoms with Gasteiger partial charge in [0.15, 0.2) is 0 Å². The lowest BCUT2D eigenvalue weighted by Crippen LogP contribution is -2.47. The van der Waals surface area contributed by atoms with Crippen LogP contribution in [0.15, 0.2) is 36.4 Å². The molecule has 1 aliphatic carbocycles. The summed E-state index contributed by atoms with van der Waals surface area (Å²) in [5, 5.41) is 4.06. The van der Waals surface area contributed by atoms with Crippen LogP contribution in [0.1, 0.15) is 37.6 Å². The van der Waals surface area contributed by atoms with E-state index in [0.29, 0.717) is 6.54 Å². The summed E-state index contributed by atoms with van der Waals surface area (Å²) in [7, 11) is 0. The van der Waals surface area contributed by atoms with Crippen molar-refractivity contribution >= 4 is 27.5 Å². The Labute approximate surface area is 140 Å². The molecule has 1 amide bonds. The van der Waals surface area contributed by atoms with E-state index in [4.69, 9.17) is 10.7 Å². The summed E-state index contributed by atoms with van der Waals surface area (Å²) in [6.07, 6.45) is 5.89. The van der Waals surface area contributed by atoms with Gasteiger partial charge in [-0.25, -0.2) is 4.98 Å². The molecule has 2 aromatic rings. The fourth-order valence-electron chi connectivity index (χ4n) is 2.87. The highest BCUT2D eigenvalue weighted by Gasteiger charge is 2.32. The second-order valence-corrected chi connectivity index (χ2v) is 7.94. The quantitative estimate of drug-likeness (QED) is 0.847. The van der Waals surface area contributed by atoms with Crippen LogP contribution in [-0.4, -0.2) is 23.0 Å². The van der Waals surface area contributed by atoms with Crippen LogP contribution in [0.5, 0.6) is 0 Å². The second-order valence-electron chi connectivity index (χ2n) is 6.88. The zero-order chi connectivity index (χ0) is 16.4. The average Bonchev–Trinajstić information content (AvgIpc) is 2.96. The molecule has 122 valence electrons. The summed E-state index contributed by atoms with van der Waals surface area (Å²) >= 11 is 1.70. The molecule has 0 aliphatic heterocycles. The van der Waals surface area contributed by atoms with Gasteiger partial charge in [-0.05, 0) is 38.8 Å². The van der Waals surface area contributed by atoms with Gasteiger partial charge in [-0.2, -0.15) is 0 Å². The predicted molar refractivity (Wildman–Crippen MR) is 95.5 cm³/mol. The van der Waals surface area contributed by atoms with E-state index in [1.807, 2.05) is 32.0 Å². The van der Waals surface area contributed by atoms with Crippen LogP contribution >= 0.6 is 11.3 Å². The lowest BCUT2D eigenvalue weighted by Gasteiger charge is -2.27. The van der Waals surface area contributed by atoms with E-state index in [1.165, 1.54) is 4.70 Å². The molecule has 1 aliphatic rings. The molecular formula is C18H23N3OS. The normalized spacial score (nSPS) is 21.5. The van der Waals surface area contributed by atoms with E-state index in [2.05, 4.69) is 23.5 Å². The maximum atomic E-state index is 12.6. The molecule has 3 N–H and O–H groups in total. The third-order valence-corrected chi connectivity index (χ3v) is 5.28. The molecule has 5 heteroatoms. The van der Waals surface area contributed by atoms with Crippen molar-refractivity contribution < 1.29 is 4.79 Å². The fourth-order valence-corrected chi connectivity index (χ4v) is 4.02. The predicted octanol–water partition coefficient (Wildman–Crippen LogP) is 3.20. The summed E-state index contributed by atoms with van der Waals surface area (Å²) in [5.41, 5.74) is 6.59. The molecule has 0 spiro atoms. The number of carbonyl (C=O) groups is 1. The molecule has 1 heterocycles. The highest BCUT2D eigenvalue weighted by atomic mass is 32.1. The highest BCUT2D eigenvalue weighted by Crippen LogP contribution is 2.38. The molecule has 3 rings (SSSR count). The Morgan fingerprint density at radius 1 is 1.35 bits per heavy atom. The molecule has 0 bridgehead atoms. The Morgan fingerprint density at radius 3 is 2.83 bits per heavy atom. The van der Waals surface area contributed by atoms with E-state index in [9.17, 15) is 4.79 Å². The summed E-state index contributed by atoms with van der Waals surface area (Å²) in [4.78, 5) is 17.4. The standard InChI is InChI=1S/C18H23N3OS/c1-18(2,19)11-20-16(22)12-7-3-4-8-13(12)17-21-14-9-5-6-10-15(14)23-17/h3-6,9-10,12-13H,7-8,11,19H2,1-2H3,(H,20,22). The maximum absolute atomic E-state index is 12.6. The third-order valence-electron chi connectivity index (χ3n) is 4.12. The van der Waals surface area contributed by atoms with E-state index in [0.717, 1.165) is 23.4 Å². The van der Waals surface area contributed by atoms with Gasteiger partial charge in [-0.3, -0.25) is 4.79 Å². The van der Waals surface area contributed by atoms with E-state index >= 15 is 0 Å². The minimum absolute atomic E-state index is 0.0667. The molecule has 0 saturated carbocycles. The molecule has 2 unspecified atom stereocenters. The van der Waals surface area contributed by atoms with Crippen molar-refractivity contribution in [1.29, 1.82) is 0 Å². The maximum Gasteiger partial charge on any atom is 0.224 e. The Hall–Kier alpha value is -1.72. The number of hydrogen-bond donors (Lipinski definition) is 2. The van der Waals surface area contributed by atoms with Crippen LogP contribution in [0.3, 0.4) is 0 Å². The van der Waals surface area contributed by atoms with Gasteiger partial charge in [0.25, 0.3) is 0 Å². The van der Waals surface area contributed by atoms with Gasteiger partial charge >= 0.3 is 0 Å². The Balaban J connectivity index is 1.81. The van der Waals surface area contributed by atoms with Crippen molar-refractivity contribution in [3.8, 4) is 0 Å². The minimum Gasteiger partial charge on any atom is -0.354 e. The average molecular weight is 329 g/mol. The van der Waals surface area contributed by atoms with Crippen LogP contribution in [0.4, 0.5) is 0 Å². The number of benzene rings is 1. The zero-order valence-corrected chi connectivity index (χ0v) is 14.4. The number of nitrogens with two attached hydrogens (primary N) is 1. The van der Waals surface area contributed by atoms with Crippen molar-refractivity contribution in [3.05, 3.63) is 41.4 Å². The van der Waals surface area contributed by atoms with Crippen LogP contribution < -0.4 is 11.1 Å². The molecule has 2 atom stereocenters. The number of amides is 1. The van der Waals surface area contributed by atoms with Gasteiger partial charge < -0.3 is 11.1 Å². The van der Waals surface area contributed by atoms with Gasteiger partial charge in [-0.1, -0.05) is 24.3 Å². The number of nitrogens with zero attached hydrogens (tertiary/aromatic N) is 1. The summed E-state index contributed by atoms with van der Waals surface area (Å²) in [6, 6.07) is 8.14. The van der Waals surface area contributed by atoms with E-state index in [1.54, 1.807) is 11.3 Å². The van der Waals surface area contributed by atoms with Crippen molar-refractivity contribution in [2.75, 3.05) is 6.54 Å². The van der Waals surface area contributed by atoms with Crippen molar-refractivity contribution in [3.63, 3.8) is 0 Å². The van der Waals surface area contributed by atoms with Crippen LogP contribution in [-0.2, 0) is 4.79 Å². The fraction of sp³-hybridized carbons (Fsp3) is 0.444. The Morgan fingerprint density at radius 2 is 2.09 bits per heavy atom. The molecule has 0 fully saturated rings. The first-order chi connectivity index (χ1) is 10.9. The number of hydrogen-bond acceptors (Lipinski definition) is 4. The molecule has 1 aromatic heterocycles. The molecule has 0 radical (unpaired) electrons. The number of allylic oxidation sites excluding steroid dienone is 2. The highest BCUT2D eigenvalue weighted by molar-refractivity contribution is 7.18. The molecule has 23 heavy (non-hydrogen) atoms. The van der Waals surface area contributed by atoms with Crippen molar-refractivity contribution in [2.45, 2.75) is 38.1 Å². The van der Waals surface area contributed by atoms with Gasteiger partial charge in [0.05, 0.1) is 21.1 Å². The first-order valence-electron chi connectivity index (χ1n) is 8.01. The topological polar surface area (TPSA) is 68.0 Å². The van der Waals surface area contributed by atoms with Crippen LogP contribution in [0, 0.1) is 5.92 Å². The van der Waals surface area contributed by atoms with Gasteiger partial charge in [0, 0.05) is 18.0 Å². The summed E-state index contributed by atoms with van der Waals surface area (Å²) in [5.74, 6) is 0.165. The Bertz CT molecular complexity index is 696. The Kier molecular flexibility index (Phi) is 4.50. The summed E-state index contributed by atoms with van der Waals surface area (Å²) in [6.45, 7) is 4.32. The monoisotopic (exact) mass is 329 g/mol. The van der Waals surface area contributed by atoms with Crippen LogP contribution in [0.2, 0.25) is 0 Å². The zero-order valence-electron chi connectivity index (χ0n) is 13.6. The number of fused-ring (bicyclic) bond motifs is 1. The largest absolute Gasteiger partial charge is 0.354 e. The first kappa shape index (κ1) is 16.1. The first-order valence-corrected chi connectivity index (χ1v) is 8.83. The molecule has 1 aromatic carbocycles. The van der Waals surface area contributed by atoms with Gasteiger partial charge in [0.2, 0.25) is 5.91 Å². The number of thiazole rings is 1. The van der Waals surface area contributed by atoms with Gasteiger partial charge in [-0.15, -0.1) is 11.3 Å². The lowest BCUT2D eigenvalue weighted by atomic mass is 9.82. The van der Waals surface area contributed by atoms with E-state index in [-0.39, 0.29) is 17.7 Å². The number of aromatic nitrogens is 1. The minimum atomic E-state index is -0.397. The van der Waals surface area contributed by atoms with Crippen molar-refractivity contribution in [2.24, 2.45) is 11.7 Å². The van der Waals surface area contributed by atoms with E-state index < -0.39 is 5.54 Å². The third kappa shape index (κ3) is 3.79. The molecule has 0 saturated heterocycles. The number of carbonyl (C=O) groups excluding carboxylic acids is 1. The second kappa shape index (κ2) is 6.42. The molecular weight excluding hydrogens is 306 g/mol. The number of nitrogens with one attached hydrogen (secondary N) is 1. The van der Waals surface area contributed by atoms with Gasteiger partial charge in [0.1, 0.15) is 0 Å². The smallest absolute Gasteiger partial charge is 0.224 e. The SMILES string of the molecule is CC(C)(N)CNC(=O)C1CC=CCC1c1nc2ccccc2s1. The lowest BCUT2D eigenvalue weighted by molar-refractivity contribution is -0.126. The number of para-hydroxylation sites is 1. The molecule has 4 nitrogen and oxygen atoms in total. The van der Waals surface area contributed by atoms with Crippen LogP contribution in [0.25, 0.3) is 10.2 Å².